The maximum Gasteiger partial charge on any atom is 0.339 e. The van der Waals surface area contributed by atoms with Crippen LogP contribution in [0.3, 0.4) is 0 Å². The van der Waals surface area contributed by atoms with Gasteiger partial charge in [-0.25, -0.2) is 9.78 Å². The Hall–Kier alpha value is -2.34. The van der Waals surface area contributed by atoms with E-state index in [-0.39, 0.29) is 0 Å². The minimum absolute atomic E-state index is 0.316. The van der Waals surface area contributed by atoms with Gasteiger partial charge in [0, 0.05) is 37.4 Å². The van der Waals surface area contributed by atoms with Gasteiger partial charge in [-0.1, -0.05) is 6.92 Å². The van der Waals surface area contributed by atoms with E-state index in [4.69, 9.17) is 4.42 Å². The van der Waals surface area contributed by atoms with Gasteiger partial charge in [-0.15, -0.1) is 0 Å². The van der Waals surface area contributed by atoms with E-state index in [0.29, 0.717) is 17.4 Å². The molecule has 6 nitrogen and oxygen atoms in total. The van der Waals surface area contributed by atoms with Crippen molar-refractivity contribution in [3.63, 3.8) is 0 Å². The van der Waals surface area contributed by atoms with Crippen LogP contribution in [0.2, 0.25) is 0 Å². The lowest BCUT2D eigenvalue weighted by Crippen LogP contribution is -2.37. The maximum atomic E-state index is 11.6. The molecule has 0 unspecified atom stereocenters. The second-order valence-electron chi connectivity index (χ2n) is 6.21. The highest BCUT2D eigenvalue weighted by Gasteiger charge is 2.30. The Kier molecular flexibility index (Phi) is 4.85. The molecule has 24 heavy (non-hydrogen) atoms. The topological polar surface area (TPSA) is 69.8 Å². The number of hydrogen-bond donors (Lipinski definition) is 1. The summed E-state index contributed by atoms with van der Waals surface area (Å²) in [5, 5.41) is 9.51. The summed E-state index contributed by atoms with van der Waals surface area (Å²) >= 11 is 0. The molecule has 1 saturated heterocycles. The van der Waals surface area contributed by atoms with Gasteiger partial charge >= 0.3 is 5.97 Å². The fourth-order valence-corrected chi connectivity index (χ4v) is 3.40. The third kappa shape index (κ3) is 3.28. The lowest BCUT2D eigenvalue weighted by Gasteiger charge is -2.27. The van der Waals surface area contributed by atoms with Crippen LogP contribution in [0.25, 0.3) is 0 Å². The Balaban J connectivity index is 1.75. The monoisotopic (exact) mass is 329 g/mol. The van der Waals surface area contributed by atoms with Gasteiger partial charge in [0.2, 0.25) is 0 Å². The van der Waals surface area contributed by atoms with Crippen molar-refractivity contribution in [1.82, 2.24) is 9.88 Å². The van der Waals surface area contributed by atoms with E-state index in [1.54, 1.807) is 24.8 Å². The van der Waals surface area contributed by atoms with Crippen LogP contribution in [0.4, 0.5) is 5.82 Å². The molecule has 1 fully saturated rings. The third-order valence-electron chi connectivity index (χ3n) is 4.70. The first-order valence-corrected chi connectivity index (χ1v) is 8.29. The van der Waals surface area contributed by atoms with E-state index in [1.807, 2.05) is 13.0 Å². The number of rotatable bonds is 6. The number of likely N-dealkylation sites (N-methyl/N-ethyl adjacent to an activating group) is 1. The zero-order valence-corrected chi connectivity index (χ0v) is 14.1. The van der Waals surface area contributed by atoms with Crippen molar-refractivity contribution in [3.05, 3.63) is 47.5 Å². The van der Waals surface area contributed by atoms with Crippen LogP contribution < -0.4 is 4.90 Å². The van der Waals surface area contributed by atoms with Crippen LogP contribution in [-0.4, -0.2) is 46.6 Å². The number of carboxylic acid groups (broad SMARTS) is 1. The molecular weight excluding hydrogens is 306 g/mol. The lowest BCUT2D eigenvalue weighted by molar-refractivity contribution is 0.0696. The molecule has 0 radical (unpaired) electrons. The van der Waals surface area contributed by atoms with Gasteiger partial charge in [0.1, 0.15) is 11.4 Å². The predicted molar refractivity (Wildman–Crippen MR) is 91.3 cm³/mol. The highest BCUT2D eigenvalue weighted by atomic mass is 16.4. The summed E-state index contributed by atoms with van der Waals surface area (Å²) in [5.41, 5.74) is 2.23. The molecule has 0 bridgehead atoms. The molecule has 0 aliphatic carbocycles. The number of carbonyl (C=O) groups is 1. The van der Waals surface area contributed by atoms with Crippen molar-refractivity contribution in [2.24, 2.45) is 0 Å². The van der Waals surface area contributed by atoms with Crippen molar-refractivity contribution < 1.29 is 14.3 Å². The van der Waals surface area contributed by atoms with Gasteiger partial charge in [0.25, 0.3) is 0 Å². The molecule has 0 aromatic carbocycles. The van der Waals surface area contributed by atoms with Gasteiger partial charge < -0.3 is 14.4 Å². The number of aromatic nitrogens is 1. The Bertz CT molecular complexity index is 700. The molecule has 3 heterocycles. The first kappa shape index (κ1) is 16.5. The van der Waals surface area contributed by atoms with Gasteiger partial charge in [-0.3, -0.25) is 4.90 Å². The quantitative estimate of drug-likeness (QED) is 0.879. The molecule has 2 aromatic rings. The average Bonchev–Trinajstić information content (AvgIpc) is 3.23. The second-order valence-corrected chi connectivity index (χ2v) is 6.21. The molecule has 1 N–H and O–H groups in total. The smallest absolute Gasteiger partial charge is 0.339 e. The molecule has 1 atom stereocenters. The molecule has 0 saturated carbocycles. The summed E-state index contributed by atoms with van der Waals surface area (Å²) < 4.78 is 5.16. The summed E-state index contributed by atoms with van der Waals surface area (Å²) in [4.78, 5) is 20.4. The van der Waals surface area contributed by atoms with E-state index < -0.39 is 5.97 Å². The van der Waals surface area contributed by atoms with Crippen LogP contribution >= 0.6 is 0 Å². The van der Waals surface area contributed by atoms with E-state index in [1.165, 1.54) is 0 Å². The summed E-state index contributed by atoms with van der Waals surface area (Å²) in [6.07, 6.45) is 6.16. The lowest BCUT2D eigenvalue weighted by atomic mass is 10.1. The summed E-state index contributed by atoms with van der Waals surface area (Å²) in [7, 11) is 0. The Morgan fingerprint density at radius 1 is 1.50 bits per heavy atom. The van der Waals surface area contributed by atoms with E-state index in [2.05, 4.69) is 21.7 Å². The van der Waals surface area contributed by atoms with Crippen LogP contribution in [0, 0.1) is 6.92 Å². The van der Waals surface area contributed by atoms with Crippen LogP contribution in [0.15, 0.2) is 35.3 Å². The largest absolute Gasteiger partial charge is 0.478 e. The second kappa shape index (κ2) is 7.05. The summed E-state index contributed by atoms with van der Waals surface area (Å²) in [5.74, 6) is -0.325. The van der Waals surface area contributed by atoms with Crippen LogP contribution in [-0.2, 0) is 6.54 Å². The normalized spacial score (nSPS) is 17.6. The molecule has 1 aliphatic heterocycles. The molecule has 1 aliphatic rings. The number of nitrogens with zero attached hydrogens (tertiary/aromatic N) is 3. The number of pyridine rings is 1. The van der Waals surface area contributed by atoms with Crippen LogP contribution in [0.5, 0.6) is 0 Å². The summed E-state index contributed by atoms with van der Waals surface area (Å²) in [6, 6.07) is 4.12. The van der Waals surface area contributed by atoms with Crippen molar-refractivity contribution in [3.8, 4) is 0 Å². The first-order valence-electron chi connectivity index (χ1n) is 8.29. The Morgan fingerprint density at radius 3 is 3.00 bits per heavy atom. The third-order valence-corrected chi connectivity index (χ3v) is 4.70. The van der Waals surface area contributed by atoms with Gasteiger partial charge in [0.15, 0.2) is 0 Å². The number of aryl methyl sites for hydroxylation is 1. The fraction of sp³-hybridized carbons (Fsp3) is 0.444. The first-order chi connectivity index (χ1) is 11.6. The van der Waals surface area contributed by atoms with Crippen LogP contribution in [0.1, 0.15) is 34.8 Å². The standard InChI is InChI=1S/C18H23N3O3/c1-3-20(10-14-6-9-24-12-14)15-5-8-21(11-15)17-16(18(22)23)13(2)4-7-19-17/h4,6-7,9,12,15H,3,5,8,10-11H2,1-2H3,(H,22,23)/t15-/m1/s1. The number of carboxylic acids is 1. The fourth-order valence-electron chi connectivity index (χ4n) is 3.40. The molecule has 128 valence electrons. The molecule has 6 heteroatoms. The van der Waals surface area contributed by atoms with Gasteiger partial charge in [-0.05, 0) is 37.6 Å². The predicted octanol–water partition coefficient (Wildman–Crippen LogP) is 2.78. The zero-order valence-electron chi connectivity index (χ0n) is 14.1. The SMILES string of the molecule is CCN(Cc1ccoc1)[C@@H]1CCN(c2nccc(C)c2C(=O)O)C1. The summed E-state index contributed by atoms with van der Waals surface area (Å²) in [6.45, 7) is 7.37. The maximum absolute atomic E-state index is 11.6. The van der Waals surface area contributed by atoms with Crippen molar-refractivity contribution in [1.29, 1.82) is 0 Å². The van der Waals surface area contributed by atoms with Crippen molar-refractivity contribution >= 4 is 11.8 Å². The number of hydrogen-bond acceptors (Lipinski definition) is 5. The highest BCUT2D eigenvalue weighted by Crippen LogP contribution is 2.27. The molecule has 0 spiro atoms. The van der Waals surface area contributed by atoms with Gasteiger partial charge in [-0.2, -0.15) is 0 Å². The Morgan fingerprint density at radius 2 is 2.33 bits per heavy atom. The minimum atomic E-state index is -0.912. The highest BCUT2D eigenvalue weighted by molar-refractivity contribution is 5.95. The van der Waals surface area contributed by atoms with E-state index >= 15 is 0 Å². The zero-order chi connectivity index (χ0) is 17.1. The minimum Gasteiger partial charge on any atom is -0.478 e. The van der Waals surface area contributed by atoms with E-state index in [9.17, 15) is 9.90 Å². The Labute approximate surface area is 141 Å². The van der Waals surface area contributed by atoms with Crippen molar-refractivity contribution in [2.45, 2.75) is 32.9 Å². The molecular formula is C18H23N3O3. The van der Waals surface area contributed by atoms with Crippen molar-refractivity contribution in [2.75, 3.05) is 24.5 Å². The molecule has 3 rings (SSSR count). The number of aromatic carboxylic acids is 1. The van der Waals surface area contributed by atoms with E-state index in [0.717, 1.165) is 43.7 Å². The molecule has 2 aromatic heterocycles. The number of furan rings is 1. The number of anilines is 1. The average molecular weight is 329 g/mol. The van der Waals surface area contributed by atoms with Gasteiger partial charge in [0.05, 0.1) is 12.5 Å². The molecule has 0 amide bonds.